The van der Waals surface area contributed by atoms with Crippen LogP contribution in [0.25, 0.3) is 0 Å². The van der Waals surface area contributed by atoms with E-state index in [1.807, 2.05) is 0 Å². The second-order valence-corrected chi connectivity index (χ2v) is 8.08. The first-order valence-corrected chi connectivity index (χ1v) is 9.64. The minimum absolute atomic E-state index is 0.123. The number of nitrogens with zero attached hydrogens (tertiary/aromatic N) is 2. The number of phenols is 1. The number of aromatic hydroxyl groups is 1. The number of phenolic OH excluding ortho intramolecular Hbond substituents is 1. The van der Waals surface area contributed by atoms with Crippen molar-refractivity contribution in [2.45, 2.75) is 13.3 Å². The Hall–Kier alpha value is -2.34. The van der Waals surface area contributed by atoms with Crippen LogP contribution in [0.4, 0.5) is 0 Å². The molecule has 2 saturated carbocycles. The first kappa shape index (κ1) is 16.8. The van der Waals surface area contributed by atoms with Gasteiger partial charge >= 0.3 is 0 Å². The number of hydrogen-bond donors (Lipinski definition) is 1. The van der Waals surface area contributed by atoms with E-state index in [0.717, 1.165) is 11.4 Å². The van der Waals surface area contributed by atoms with Crippen molar-refractivity contribution >= 4 is 29.6 Å². The van der Waals surface area contributed by atoms with Gasteiger partial charge in [0.25, 0.3) is 11.8 Å². The number of amides is 2. The van der Waals surface area contributed by atoms with Gasteiger partial charge in [-0.15, -0.1) is 0 Å². The van der Waals surface area contributed by atoms with Gasteiger partial charge in [0, 0.05) is 0 Å². The summed E-state index contributed by atoms with van der Waals surface area (Å²) in [7, 11) is 0. The molecule has 6 nitrogen and oxygen atoms in total. The molecule has 1 heterocycles. The fourth-order valence-corrected chi connectivity index (χ4v) is 5.33. The summed E-state index contributed by atoms with van der Waals surface area (Å²) in [5.41, 5.74) is 0.542. The molecule has 1 aliphatic heterocycles. The number of halogens is 1. The summed E-state index contributed by atoms with van der Waals surface area (Å²) in [6, 6.07) is 3.09. The highest BCUT2D eigenvalue weighted by atomic mass is 35.5. The average Bonchev–Trinajstić information content (AvgIpc) is 3.43. The highest BCUT2D eigenvalue weighted by molar-refractivity contribution is 6.32. The van der Waals surface area contributed by atoms with Crippen molar-refractivity contribution in [3.8, 4) is 11.5 Å². The molecule has 6 unspecified atom stereocenters. The Labute approximate surface area is 161 Å². The Morgan fingerprint density at radius 1 is 1.22 bits per heavy atom. The van der Waals surface area contributed by atoms with E-state index in [1.165, 1.54) is 12.3 Å². The Kier molecular flexibility index (Phi) is 3.63. The lowest BCUT2D eigenvalue weighted by molar-refractivity contribution is -0.140. The second kappa shape index (κ2) is 5.83. The minimum atomic E-state index is -0.268. The van der Waals surface area contributed by atoms with E-state index >= 15 is 0 Å². The molecule has 4 aliphatic carbocycles. The number of hydrazone groups is 1. The van der Waals surface area contributed by atoms with Crippen LogP contribution in [0.15, 0.2) is 29.4 Å². The molecule has 1 N–H and O–H groups in total. The molecule has 140 valence electrons. The molecule has 7 heteroatoms. The molecule has 6 atom stereocenters. The number of benzene rings is 1. The number of allylic oxidation sites excluding steroid dienone is 2. The van der Waals surface area contributed by atoms with E-state index in [0.29, 0.717) is 24.0 Å². The standard InChI is InChI=1S/C20H19ClN2O4/c1-2-27-15-6-9(5-14(21)18(15)24)8-22-23-19(25)16-10-3-4-11(13-7-12(10)13)17(16)20(23)26/h3-6,8,10-13,16-17,24H,2,7H2,1H3. The lowest BCUT2D eigenvalue weighted by Gasteiger charge is -2.37. The quantitative estimate of drug-likeness (QED) is 0.490. The molecule has 2 bridgehead atoms. The van der Waals surface area contributed by atoms with Gasteiger partial charge in [0.2, 0.25) is 0 Å². The summed E-state index contributed by atoms with van der Waals surface area (Å²) in [4.78, 5) is 25.8. The number of rotatable bonds is 4. The lowest BCUT2D eigenvalue weighted by Crippen LogP contribution is -2.40. The summed E-state index contributed by atoms with van der Waals surface area (Å²) in [5, 5.41) is 15.2. The van der Waals surface area contributed by atoms with Crippen LogP contribution >= 0.6 is 11.6 Å². The maximum absolute atomic E-state index is 12.9. The zero-order valence-electron chi connectivity index (χ0n) is 14.7. The van der Waals surface area contributed by atoms with E-state index < -0.39 is 0 Å². The molecule has 1 aromatic rings. The molecule has 0 radical (unpaired) electrons. The van der Waals surface area contributed by atoms with Crippen molar-refractivity contribution in [2.24, 2.45) is 40.6 Å². The number of ether oxygens (including phenoxy) is 1. The van der Waals surface area contributed by atoms with Gasteiger partial charge in [-0.3, -0.25) is 9.59 Å². The van der Waals surface area contributed by atoms with Crippen LogP contribution in [0, 0.1) is 35.5 Å². The monoisotopic (exact) mass is 386 g/mol. The molecule has 27 heavy (non-hydrogen) atoms. The van der Waals surface area contributed by atoms with Gasteiger partial charge in [-0.05, 0) is 54.7 Å². The Morgan fingerprint density at radius 2 is 1.85 bits per heavy atom. The molecule has 1 aromatic carbocycles. The third-order valence-electron chi connectivity index (χ3n) is 6.31. The Morgan fingerprint density at radius 3 is 2.44 bits per heavy atom. The number of carbonyl (C=O) groups excluding carboxylic acids is 2. The molecule has 6 rings (SSSR count). The van der Waals surface area contributed by atoms with E-state index in [9.17, 15) is 14.7 Å². The SMILES string of the molecule is CCOc1cc(C=NN2C(=O)C3C4C=CC(C5CC45)C3C2=O)cc(Cl)c1O. The van der Waals surface area contributed by atoms with Crippen molar-refractivity contribution in [1.29, 1.82) is 0 Å². The summed E-state index contributed by atoms with van der Waals surface area (Å²) in [6.07, 6.45) is 6.81. The van der Waals surface area contributed by atoms with Crippen LogP contribution in [0.2, 0.25) is 5.02 Å². The highest BCUT2D eigenvalue weighted by Crippen LogP contribution is 2.65. The fourth-order valence-electron chi connectivity index (χ4n) is 5.11. The van der Waals surface area contributed by atoms with Crippen LogP contribution in [0.5, 0.6) is 11.5 Å². The molecule has 0 spiro atoms. The number of carbonyl (C=O) groups is 2. The van der Waals surface area contributed by atoms with Crippen LogP contribution in [-0.4, -0.2) is 34.8 Å². The first-order chi connectivity index (χ1) is 13.0. The third-order valence-corrected chi connectivity index (χ3v) is 6.60. The van der Waals surface area contributed by atoms with Crippen LogP contribution in [0.3, 0.4) is 0 Å². The molecule has 0 aromatic heterocycles. The normalized spacial score (nSPS) is 35.7. The van der Waals surface area contributed by atoms with Crippen molar-refractivity contribution in [2.75, 3.05) is 6.61 Å². The zero-order valence-corrected chi connectivity index (χ0v) is 15.5. The van der Waals surface area contributed by atoms with E-state index in [4.69, 9.17) is 16.3 Å². The highest BCUT2D eigenvalue weighted by Gasteiger charge is 2.67. The molecule has 2 amide bonds. The third kappa shape index (κ3) is 2.35. The second-order valence-electron chi connectivity index (χ2n) is 7.67. The molecule has 5 aliphatic rings. The van der Waals surface area contributed by atoms with Crippen molar-refractivity contribution in [1.82, 2.24) is 5.01 Å². The van der Waals surface area contributed by atoms with Gasteiger partial charge < -0.3 is 9.84 Å². The van der Waals surface area contributed by atoms with E-state index in [2.05, 4.69) is 17.3 Å². The number of hydrogen-bond acceptors (Lipinski definition) is 5. The van der Waals surface area contributed by atoms with Crippen LogP contribution in [-0.2, 0) is 9.59 Å². The van der Waals surface area contributed by atoms with E-state index in [1.54, 1.807) is 13.0 Å². The Bertz CT molecular complexity index is 875. The smallest absolute Gasteiger partial charge is 0.254 e. The minimum Gasteiger partial charge on any atom is -0.503 e. The summed E-state index contributed by atoms with van der Waals surface area (Å²) < 4.78 is 5.35. The summed E-state index contributed by atoms with van der Waals surface area (Å²) >= 11 is 6.03. The van der Waals surface area contributed by atoms with Crippen molar-refractivity contribution < 1.29 is 19.4 Å². The fraction of sp³-hybridized carbons (Fsp3) is 0.450. The van der Waals surface area contributed by atoms with Gasteiger partial charge in [-0.25, -0.2) is 0 Å². The first-order valence-electron chi connectivity index (χ1n) is 9.26. The van der Waals surface area contributed by atoms with Gasteiger partial charge in [0.05, 0.1) is 29.7 Å². The van der Waals surface area contributed by atoms with Gasteiger partial charge in [0.15, 0.2) is 11.5 Å². The Balaban J connectivity index is 1.42. The van der Waals surface area contributed by atoms with Gasteiger partial charge in [0.1, 0.15) is 0 Å². The maximum atomic E-state index is 12.9. The van der Waals surface area contributed by atoms with Crippen LogP contribution < -0.4 is 4.74 Å². The molecular formula is C20H19ClN2O4. The van der Waals surface area contributed by atoms with Crippen LogP contribution in [0.1, 0.15) is 18.9 Å². The summed E-state index contributed by atoms with van der Waals surface area (Å²) in [6.45, 7) is 2.17. The summed E-state index contributed by atoms with van der Waals surface area (Å²) in [5.74, 6) is 0.619. The lowest BCUT2D eigenvalue weighted by atomic mass is 9.63. The topological polar surface area (TPSA) is 79.2 Å². The molecule has 3 fully saturated rings. The van der Waals surface area contributed by atoms with Crippen molar-refractivity contribution in [3.63, 3.8) is 0 Å². The zero-order chi connectivity index (χ0) is 18.9. The predicted molar refractivity (Wildman–Crippen MR) is 98.4 cm³/mol. The molecule has 1 saturated heterocycles. The number of imide groups is 1. The predicted octanol–water partition coefficient (Wildman–Crippen LogP) is 2.83. The van der Waals surface area contributed by atoms with Crippen molar-refractivity contribution in [3.05, 3.63) is 34.9 Å². The van der Waals surface area contributed by atoms with Gasteiger partial charge in [-0.1, -0.05) is 23.8 Å². The largest absolute Gasteiger partial charge is 0.503 e. The van der Waals surface area contributed by atoms with Gasteiger partial charge in [-0.2, -0.15) is 10.1 Å². The maximum Gasteiger partial charge on any atom is 0.254 e. The van der Waals surface area contributed by atoms with E-state index in [-0.39, 0.29) is 52.0 Å². The average molecular weight is 387 g/mol. The molecular weight excluding hydrogens is 368 g/mol.